The fourth-order valence-corrected chi connectivity index (χ4v) is 1.01. The summed E-state index contributed by atoms with van der Waals surface area (Å²) in [5.41, 5.74) is 0.822. The molecule has 0 radical (unpaired) electrons. The van der Waals surface area contributed by atoms with Crippen molar-refractivity contribution in [3.63, 3.8) is 0 Å². The summed E-state index contributed by atoms with van der Waals surface area (Å²) in [6, 6.07) is 0. The van der Waals surface area contributed by atoms with Crippen molar-refractivity contribution in [2.24, 2.45) is 5.92 Å². The molecule has 74 valence electrons. The Balaban J connectivity index is 4.27. The lowest BCUT2D eigenvalue weighted by atomic mass is 9.97. The van der Waals surface area contributed by atoms with Gasteiger partial charge in [0, 0.05) is 12.5 Å². The van der Waals surface area contributed by atoms with Gasteiger partial charge in [0.05, 0.1) is 0 Å². The summed E-state index contributed by atoms with van der Waals surface area (Å²) >= 11 is 0. The Kier molecular flexibility index (Phi) is 5.04. The molecular weight excluding hydrogens is 168 g/mol. The van der Waals surface area contributed by atoms with Crippen molar-refractivity contribution in [1.82, 2.24) is 0 Å². The second kappa shape index (κ2) is 5.51. The Morgan fingerprint density at radius 1 is 1.31 bits per heavy atom. The van der Waals surface area contributed by atoms with E-state index in [1.807, 2.05) is 13.8 Å². The lowest BCUT2D eigenvalue weighted by Gasteiger charge is -2.08. The van der Waals surface area contributed by atoms with Crippen molar-refractivity contribution in [3.8, 4) is 0 Å². The van der Waals surface area contributed by atoms with Gasteiger partial charge < -0.3 is 9.90 Å². The van der Waals surface area contributed by atoms with Crippen LogP contribution < -0.4 is 0 Å². The summed E-state index contributed by atoms with van der Waals surface area (Å²) in [4.78, 5) is 21.1. The first-order valence-electron chi connectivity index (χ1n) is 4.36. The average molecular weight is 184 g/mol. The number of carbonyl (C=O) groups is 2. The molecule has 0 aromatic carbocycles. The summed E-state index contributed by atoms with van der Waals surface area (Å²) in [7, 11) is 0. The van der Waals surface area contributed by atoms with Crippen LogP contribution in [0.1, 0.15) is 33.6 Å². The van der Waals surface area contributed by atoms with Crippen LogP contribution in [0.5, 0.6) is 0 Å². The van der Waals surface area contributed by atoms with Crippen molar-refractivity contribution in [2.75, 3.05) is 0 Å². The third kappa shape index (κ3) is 6.08. The zero-order valence-electron chi connectivity index (χ0n) is 8.33. The molecule has 0 aliphatic heterocycles. The number of hydrogen-bond donors (Lipinski definition) is 1. The van der Waals surface area contributed by atoms with E-state index in [4.69, 9.17) is 5.11 Å². The molecule has 0 aromatic heterocycles. The van der Waals surface area contributed by atoms with Crippen molar-refractivity contribution in [3.05, 3.63) is 11.6 Å². The van der Waals surface area contributed by atoms with E-state index in [9.17, 15) is 9.59 Å². The maximum Gasteiger partial charge on any atom is 0.328 e. The van der Waals surface area contributed by atoms with Crippen LogP contribution in [0.4, 0.5) is 0 Å². The van der Waals surface area contributed by atoms with Gasteiger partial charge in [0.1, 0.15) is 5.78 Å². The lowest BCUT2D eigenvalue weighted by molar-refractivity contribution is -0.131. The fourth-order valence-electron chi connectivity index (χ4n) is 1.01. The number of carbonyl (C=O) groups excluding carboxylic acids is 1. The molecule has 1 N–H and O–H groups in total. The Hall–Kier alpha value is -1.12. The molecule has 0 aliphatic carbocycles. The van der Waals surface area contributed by atoms with Crippen LogP contribution in [-0.4, -0.2) is 16.9 Å². The average Bonchev–Trinajstić information content (AvgIpc) is 1.96. The van der Waals surface area contributed by atoms with Crippen molar-refractivity contribution in [2.45, 2.75) is 33.6 Å². The van der Waals surface area contributed by atoms with Crippen LogP contribution in [0, 0.1) is 5.92 Å². The molecule has 3 nitrogen and oxygen atoms in total. The predicted octanol–water partition coefficient (Wildman–Crippen LogP) is 2.02. The molecule has 0 saturated carbocycles. The molecule has 0 amide bonds. The molecule has 3 heteroatoms. The van der Waals surface area contributed by atoms with Gasteiger partial charge in [0.25, 0.3) is 0 Å². The van der Waals surface area contributed by atoms with Gasteiger partial charge in [0.2, 0.25) is 0 Å². The highest BCUT2D eigenvalue weighted by Gasteiger charge is 2.06. The van der Waals surface area contributed by atoms with Gasteiger partial charge in [-0.15, -0.1) is 0 Å². The number of carboxylic acid groups (broad SMARTS) is 1. The molecule has 0 aliphatic rings. The van der Waals surface area contributed by atoms with Crippen LogP contribution in [-0.2, 0) is 9.59 Å². The van der Waals surface area contributed by atoms with E-state index in [1.54, 1.807) is 0 Å². The topological polar surface area (TPSA) is 54.4 Å². The number of carboxylic acids is 1. The van der Waals surface area contributed by atoms with Gasteiger partial charge in [-0.1, -0.05) is 19.4 Å². The van der Waals surface area contributed by atoms with E-state index in [0.717, 1.165) is 5.57 Å². The molecule has 0 saturated heterocycles. The van der Waals surface area contributed by atoms with Gasteiger partial charge in [0.15, 0.2) is 0 Å². The Labute approximate surface area is 78.5 Å². The van der Waals surface area contributed by atoms with E-state index in [-0.39, 0.29) is 11.7 Å². The second-order valence-electron chi connectivity index (χ2n) is 3.41. The van der Waals surface area contributed by atoms with Crippen LogP contribution >= 0.6 is 0 Å². The smallest absolute Gasteiger partial charge is 0.328 e. The van der Waals surface area contributed by atoms with Gasteiger partial charge in [-0.3, -0.25) is 0 Å². The largest absolute Gasteiger partial charge is 0.478 e. The summed E-state index contributed by atoms with van der Waals surface area (Å²) in [6.07, 6.45) is 2.18. The number of hydrogen-bond acceptors (Lipinski definition) is 2. The third-order valence-corrected chi connectivity index (χ3v) is 1.82. The minimum atomic E-state index is -0.938. The highest BCUT2D eigenvalue weighted by atomic mass is 16.4. The number of aliphatic carboxylic acids is 1. The molecule has 0 rings (SSSR count). The molecular formula is C10H16O3. The maximum absolute atomic E-state index is 10.7. The Bertz CT molecular complexity index is 226. The number of ketones is 1. The molecule has 0 bridgehead atoms. The SMILES string of the molecule is CC(=O)CC/C(=C/C(=O)O)C(C)C. The van der Waals surface area contributed by atoms with Crippen LogP contribution in [0.3, 0.4) is 0 Å². The minimum Gasteiger partial charge on any atom is -0.478 e. The van der Waals surface area contributed by atoms with E-state index in [1.165, 1.54) is 13.0 Å². The summed E-state index contributed by atoms with van der Waals surface area (Å²) in [6.45, 7) is 5.36. The molecule has 0 atom stereocenters. The van der Waals surface area contributed by atoms with Crippen molar-refractivity contribution < 1.29 is 14.7 Å². The quantitative estimate of drug-likeness (QED) is 0.665. The Morgan fingerprint density at radius 3 is 2.15 bits per heavy atom. The number of rotatable bonds is 5. The zero-order valence-corrected chi connectivity index (χ0v) is 8.33. The highest BCUT2D eigenvalue weighted by molar-refractivity contribution is 5.81. The summed E-state index contributed by atoms with van der Waals surface area (Å²) < 4.78 is 0. The second-order valence-corrected chi connectivity index (χ2v) is 3.41. The van der Waals surface area contributed by atoms with Crippen LogP contribution in [0.25, 0.3) is 0 Å². The monoisotopic (exact) mass is 184 g/mol. The standard InChI is InChI=1S/C10H16O3/c1-7(2)9(6-10(12)13)5-4-8(3)11/h6-7H,4-5H2,1-3H3,(H,12,13)/b9-6-. The van der Waals surface area contributed by atoms with Crippen molar-refractivity contribution in [1.29, 1.82) is 0 Å². The first-order chi connectivity index (χ1) is 5.93. The lowest BCUT2D eigenvalue weighted by Crippen LogP contribution is -2.01. The fraction of sp³-hybridized carbons (Fsp3) is 0.600. The van der Waals surface area contributed by atoms with Crippen LogP contribution in [0.15, 0.2) is 11.6 Å². The highest BCUT2D eigenvalue weighted by Crippen LogP contribution is 2.15. The van der Waals surface area contributed by atoms with Gasteiger partial charge in [-0.25, -0.2) is 4.79 Å². The van der Waals surface area contributed by atoms with Gasteiger partial charge in [-0.2, -0.15) is 0 Å². The van der Waals surface area contributed by atoms with Gasteiger partial charge >= 0.3 is 5.97 Å². The van der Waals surface area contributed by atoms with E-state index in [0.29, 0.717) is 12.8 Å². The predicted molar refractivity (Wildman–Crippen MR) is 50.5 cm³/mol. The number of Topliss-reactive ketones (excluding diaryl/α,β-unsaturated/α-hetero) is 1. The Morgan fingerprint density at radius 2 is 1.85 bits per heavy atom. The van der Waals surface area contributed by atoms with Crippen LogP contribution in [0.2, 0.25) is 0 Å². The van der Waals surface area contributed by atoms with E-state index >= 15 is 0 Å². The maximum atomic E-state index is 10.7. The molecule has 0 aromatic rings. The summed E-state index contributed by atoms with van der Waals surface area (Å²) in [5.74, 6) is -0.653. The molecule has 0 heterocycles. The third-order valence-electron chi connectivity index (χ3n) is 1.82. The van der Waals surface area contributed by atoms with Gasteiger partial charge in [-0.05, 0) is 19.3 Å². The van der Waals surface area contributed by atoms with Crippen molar-refractivity contribution >= 4 is 11.8 Å². The zero-order chi connectivity index (χ0) is 10.4. The normalized spacial score (nSPS) is 11.8. The minimum absolute atomic E-state index is 0.0944. The first kappa shape index (κ1) is 11.9. The molecule has 0 spiro atoms. The number of allylic oxidation sites excluding steroid dienone is 1. The van der Waals surface area contributed by atoms with E-state index in [2.05, 4.69) is 0 Å². The molecule has 0 fully saturated rings. The van der Waals surface area contributed by atoms with E-state index < -0.39 is 5.97 Å². The molecule has 0 unspecified atom stereocenters. The summed E-state index contributed by atoms with van der Waals surface area (Å²) in [5, 5.41) is 8.54. The molecule has 13 heavy (non-hydrogen) atoms. The first-order valence-corrected chi connectivity index (χ1v) is 4.36.